The summed E-state index contributed by atoms with van der Waals surface area (Å²) in [5, 5.41) is 3.05. The summed E-state index contributed by atoms with van der Waals surface area (Å²) in [5.41, 5.74) is 1.84. The zero-order valence-electron chi connectivity index (χ0n) is 13.7. The smallest absolute Gasteiger partial charge is 0.270 e. The molecule has 0 spiro atoms. The molecule has 3 aromatic rings. The van der Waals surface area contributed by atoms with Crippen molar-refractivity contribution in [1.29, 1.82) is 0 Å². The van der Waals surface area contributed by atoms with E-state index in [1.165, 1.54) is 24.4 Å². The second-order valence-electron chi connectivity index (χ2n) is 5.46. The molecule has 26 heavy (non-hydrogen) atoms. The van der Waals surface area contributed by atoms with Crippen LogP contribution >= 0.6 is 11.6 Å². The molecule has 1 aromatic carbocycles. The lowest BCUT2D eigenvalue weighted by Crippen LogP contribution is -2.23. The summed E-state index contributed by atoms with van der Waals surface area (Å²) < 4.78 is 18.6. The van der Waals surface area contributed by atoms with Crippen LogP contribution in [0.15, 0.2) is 61.1 Å². The molecule has 0 unspecified atom stereocenters. The van der Waals surface area contributed by atoms with E-state index < -0.39 is 0 Å². The molecule has 132 valence electrons. The minimum Gasteiger partial charge on any atom is -0.487 e. The number of aromatic nitrogens is 2. The summed E-state index contributed by atoms with van der Waals surface area (Å²) in [5.74, 6) is -0.335. The van der Waals surface area contributed by atoms with Gasteiger partial charge in [0.1, 0.15) is 28.9 Å². The predicted octanol–water partition coefficient (Wildman–Crippen LogP) is 3.78. The Hall–Kier alpha value is -2.99. The van der Waals surface area contributed by atoms with Crippen molar-refractivity contribution in [2.75, 3.05) is 0 Å². The second-order valence-corrected chi connectivity index (χ2v) is 5.87. The number of nitrogens with one attached hydrogen (secondary N) is 1. The van der Waals surface area contributed by atoms with Gasteiger partial charge in [-0.2, -0.15) is 0 Å². The third-order valence-corrected chi connectivity index (χ3v) is 3.82. The van der Waals surface area contributed by atoms with Gasteiger partial charge in [0.05, 0.1) is 6.20 Å². The lowest BCUT2D eigenvalue weighted by Gasteiger charge is -2.10. The fourth-order valence-corrected chi connectivity index (χ4v) is 2.33. The molecule has 2 aromatic heterocycles. The molecule has 0 bridgehead atoms. The number of hydrogen-bond donors (Lipinski definition) is 1. The van der Waals surface area contributed by atoms with Crippen LogP contribution in [0.25, 0.3) is 0 Å². The molecule has 0 fully saturated rings. The van der Waals surface area contributed by atoms with E-state index >= 15 is 0 Å². The summed E-state index contributed by atoms with van der Waals surface area (Å²) in [6.45, 7) is 0.531. The SMILES string of the molecule is O=C(NCc1cccnc1)c1cc(OCc2ccc(F)cc2)c(Cl)cn1. The number of pyridine rings is 2. The summed E-state index contributed by atoms with van der Waals surface area (Å²) in [6, 6.07) is 11.1. The molecule has 0 aliphatic heterocycles. The van der Waals surface area contributed by atoms with Gasteiger partial charge in [-0.05, 0) is 29.3 Å². The molecule has 1 N–H and O–H groups in total. The van der Waals surface area contributed by atoms with Crippen LogP contribution in [0.5, 0.6) is 5.75 Å². The van der Waals surface area contributed by atoms with E-state index in [9.17, 15) is 9.18 Å². The zero-order chi connectivity index (χ0) is 18.4. The number of hydrogen-bond acceptors (Lipinski definition) is 4. The van der Waals surface area contributed by atoms with E-state index in [1.807, 2.05) is 6.07 Å². The second kappa shape index (κ2) is 8.40. The van der Waals surface area contributed by atoms with E-state index in [0.717, 1.165) is 11.1 Å². The van der Waals surface area contributed by atoms with Crippen molar-refractivity contribution < 1.29 is 13.9 Å². The van der Waals surface area contributed by atoms with Crippen LogP contribution in [0.2, 0.25) is 5.02 Å². The van der Waals surface area contributed by atoms with Crippen molar-refractivity contribution in [1.82, 2.24) is 15.3 Å². The van der Waals surface area contributed by atoms with Crippen molar-refractivity contribution in [3.63, 3.8) is 0 Å². The van der Waals surface area contributed by atoms with Gasteiger partial charge in [-0.15, -0.1) is 0 Å². The van der Waals surface area contributed by atoms with Gasteiger partial charge in [0.15, 0.2) is 0 Å². The fourth-order valence-electron chi connectivity index (χ4n) is 2.17. The maximum absolute atomic E-state index is 12.9. The van der Waals surface area contributed by atoms with Crippen LogP contribution in [0.4, 0.5) is 4.39 Å². The van der Waals surface area contributed by atoms with Gasteiger partial charge in [0, 0.05) is 25.0 Å². The monoisotopic (exact) mass is 371 g/mol. The molecule has 0 aliphatic rings. The summed E-state index contributed by atoms with van der Waals surface area (Å²) >= 11 is 6.08. The highest BCUT2D eigenvalue weighted by molar-refractivity contribution is 6.32. The van der Waals surface area contributed by atoms with Crippen molar-refractivity contribution in [2.24, 2.45) is 0 Å². The number of benzene rings is 1. The first-order valence-corrected chi connectivity index (χ1v) is 8.19. The average molecular weight is 372 g/mol. The molecular formula is C19H15ClFN3O2. The van der Waals surface area contributed by atoms with Gasteiger partial charge in [-0.25, -0.2) is 9.37 Å². The first-order chi connectivity index (χ1) is 12.6. The van der Waals surface area contributed by atoms with Gasteiger partial charge in [-0.3, -0.25) is 9.78 Å². The van der Waals surface area contributed by atoms with Gasteiger partial charge >= 0.3 is 0 Å². The van der Waals surface area contributed by atoms with E-state index in [-0.39, 0.29) is 29.0 Å². The van der Waals surface area contributed by atoms with Crippen LogP contribution in [0, 0.1) is 5.82 Å². The number of ether oxygens (including phenoxy) is 1. The minimum absolute atomic E-state index is 0.187. The topological polar surface area (TPSA) is 64.1 Å². The van der Waals surface area contributed by atoms with Crippen molar-refractivity contribution in [3.05, 3.63) is 88.7 Å². The third kappa shape index (κ3) is 4.77. The highest BCUT2D eigenvalue weighted by atomic mass is 35.5. The Kier molecular flexibility index (Phi) is 5.76. The Morgan fingerprint density at radius 2 is 1.96 bits per heavy atom. The van der Waals surface area contributed by atoms with Gasteiger partial charge in [0.2, 0.25) is 0 Å². The van der Waals surface area contributed by atoms with Gasteiger partial charge in [0.25, 0.3) is 5.91 Å². The van der Waals surface area contributed by atoms with Crippen molar-refractivity contribution in [2.45, 2.75) is 13.2 Å². The molecule has 0 radical (unpaired) electrons. The van der Waals surface area contributed by atoms with Gasteiger partial charge < -0.3 is 10.1 Å². The lowest BCUT2D eigenvalue weighted by molar-refractivity contribution is 0.0945. The summed E-state index contributed by atoms with van der Waals surface area (Å²) in [6.07, 6.45) is 4.70. The average Bonchev–Trinajstić information content (AvgIpc) is 2.67. The summed E-state index contributed by atoms with van der Waals surface area (Å²) in [4.78, 5) is 20.3. The Morgan fingerprint density at radius 1 is 1.15 bits per heavy atom. The number of nitrogens with zero attached hydrogens (tertiary/aromatic N) is 2. The van der Waals surface area contributed by atoms with Crippen LogP contribution in [0.1, 0.15) is 21.6 Å². The van der Waals surface area contributed by atoms with Crippen LogP contribution in [-0.2, 0) is 13.2 Å². The number of carbonyl (C=O) groups excluding carboxylic acids is 1. The molecule has 3 rings (SSSR count). The molecule has 0 saturated carbocycles. The zero-order valence-corrected chi connectivity index (χ0v) is 14.4. The first-order valence-electron chi connectivity index (χ1n) is 7.82. The van der Waals surface area contributed by atoms with Crippen LogP contribution < -0.4 is 10.1 Å². The Morgan fingerprint density at radius 3 is 2.69 bits per heavy atom. The highest BCUT2D eigenvalue weighted by Gasteiger charge is 2.12. The maximum atomic E-state index is 12.9. The largest absolute Gasteiger partial charge is 0.487 e. The fraction of sp³-hybridized carbons (Fsp3) is 0.105. The Bertz CT molecular complexity index is 889. The third-order valence-electron chi connectivity index (χ3n) is 3.54. The molecule has 5 nitrogen and oxygen atoms in total. The number of rotatable bonds is 6. The van der Waals surface area contributed by atoms with Crippen molar-refractivity contribution >= 4 is 17.5 Å². The molecule has 7 heteroatoms. The van der Waals surface area contributed by atoms with Crippen molar-refractivity contribution in [3.8, 4) is 5.75 Å². The van der Waals surface area contributed by atoms with E-state index in [2.05, 4.69) is 15.3 Å². The van der Waals surface area contributed by atoms with E-state index in [0.29, 0.717) is 12.3 Å². The molecular weight excluding hydrogens is 357 g/mol. The Labute approximate surface area is 154 Å². The normalized spacial score (nSPS) is 10.4. The predicted molar refractivity (Wildman–Crippen MR) is 95.4 cm³/mol. The molecule has 0 saturated heterocycles. The molecule has 2 heterocycles. The van der Waals surface area contributed by atoms with E-state index in [1.54, 1.807) is 30.6 Å². The number of carbonyl (C=O) groups is 1. The van der Waals surface area contributed by atoms with Crippen LogP contribution in [0.3, 0.4) is 0 Å². The standard InChI is InChI=1S/C19H15ClFN3O2/c20-16-11-23-17(19(25)24-10-14-2-1-7-22-9-14)8-18(16)26-12-13-3-5-15(21)6-4-13/h1-9,11H,10,12H2,(H,24,25). The number of halogens is 2. The lowest BCUT2D eigenvalue weighted by atomic mass is 10.2. The van der Waals surface area contributed by atoms with Gasteiger partial charge in [-0.1, -0.05) is 29.8 Å². The first kappa shape index (κ1) is 17.8. The van der Waals surface area contributed by atoms with Crippen LogP contribution in [-0.4, -0.2) is 15.9 Å². The molecule has 0 atom stereocenters. The quantitative estimate of drug-likeness (QED) is 0.716. The van der Waals surface area contributed by atoms with E-state index in [4.69, 9.17) is 16.3 Å². The molecule has 0 aliphatic carbocycles. The molecule has 1 amide bonds. The number of amides is 1. The Balaban J connectivity index is 1.64. The highest BCUT2D eigenvalue weighted by Crippen LogP contribution is 2.25. The minimum atomic E-state index is -0.350. The summed E-state index contributed by atoms with van der Waals surface area (Å²) in [7, 11) is 0. The maximum Gasteiger partial charge on any atom is 0.270 e.